The fraction of sp³-hybridized carbons (Fsp3) is 0.160. The molecule has 0 bridgehead atoms. The lowest BCUT2D eigenvalue weighted by molar-refractivity contribution is -0.137. The van der Waals surface area contributed by atoms with E-state index in [9.17, 15) is 18.0 Å². The summed E-state index contributed by atoms with van der Waals surface area (Å²) in [7, 11) is 0. The number of nitrogens with zero attached hydrogens (tertiary/aromatic N) is 3. The summed E-state index contributed by atoms with van der Waals surface area (Å²) < 4.78 is 46.4. The lowest BCUT2D eigenvalue weighted by Gasteiger charge is -2.13. The maximum absolute atomic E-state index is 13.1. The first-order valence-corrected chi connectivity index (χ1v) is 12.6. The number of thioether (sulfide) groups is 1. The van der Waals surface area contributed by atoms with Crippen molar-refractivity contribution in [2.45, 2.75) is 23.6 Å². The molecule has 4 rings (SSSR count). The minimum atomic E-state index is -4.43. The van der Waals surface area contributed by atoms with E-state index in [1.165, 1.54) is 17.8 Å². The average molecular weight is 567 g/mol. The number of para-hydroxylation sites is 1. The molecule has 12 heteroatoms. The highest BCUT2D eigenvalue weighted by molar-refractivity contribution is 7.98. The summed E-state index contributed by atoms with van der Waals surface area (Å²) in [5, 5.41) is 12.2. The van der Waals surface area contributed by atoms with Crippen molar-refractivity contribution in [3.05, 3.63) is 99.8 Å². The topological polar surface area (TPSA) is 69.0 Å². The predicted molar refractivity (Wildman–Crippen MR) is 136 cm³/mol. The summed E-state index contributed by atoms with van der Waals surface area (Å²) in [6.45, 7) is -0.170. The molecular formula is C25H19Cl2F3N4O2S. The number of hydrogen-bond acceptors (Lipinski definition) is 5. The first-order chi connectivity index (χ1) is 17.7. The molecule has 0 aliphatic carbocycles. The zero-order valence-electron chi connectivity index (χ0n) is 19.0. The van der Waals surface area contributed by atoms with Crippen LogP contribution in [0.15, 0.2) is 78.0 Å². The number of nitrogens with one attached hydrogen (secondary N) is 1. The third-order valence-corrected chi connectivity index (χ3v) is 6.78. The fourth-order valence-electron chi connectivity index (χ4n) is 3.27. The molecule has 3 aromatic carbocycles. The van der Waals surface area contributed by atoms with Crippen LogP contribution in [0.25, 0.3) is 5.69 Å². The summed E-state index contributed by atoms with van der Waals surface area (Å²) in [6, 6.07) is 18.9. The van der Waals surface area contributed by atoms with Crippen molar-refractivity contribution in [1.82, 2.24) is 20.1 Å². The first kappa shape index (κ1) is 26.8. The molecule has 0 atom stereocenters. The standard InChI is InChI=1S/C25H19Cl2F3N4O2S/c26-20-10-9-18(12-21(20)27)34-22(13-31-23(35)14-36-19-7-2-1-3-8-19)32-33-24(34)37-15-16-5-4-6-17(11-16)25(28,29)30/h1-12H,13-15H2,(H,31,35). The van der Waals surface area contributed by atoms with E-state index in [1.54, 1.807) is 53.1 Å². The van der Waals surface area contributed by atoms with Crippen LogP contribution >= 0.6 is 35.0 Å². The van der Waals surface area contributed by atoms with E-state index in [0.29, 0.717) is 38.0 Å². The zero-order valence-corrected chi connectivity index (χ0v) is 21.3. The van der Waals surface area contributed by atoms with Crippen LogP contribution in [-0.2, 0) is 23.3 Å². The second-order valence-corrected chi connectivity index (χ2v) is 9.45. The number of rotatable bonds is 9. The van der Waals surface area contributed by atoms with Crippen molar-refractivity contribution in [1.29, 1.82) is 0 Å². The molecule has 1 heterocycles. The second kappa shape index (κ2) is 11.9. The van der Waals surface area contributed by atoms with Crippen LogP contribution in [0.2, 0.25) is 10.0 Å². The lowest BCUT2D eigenvalue weighted by atomic mass is 10.1. The van der Waals surface area contributed by atoms with Gasteiger partial charge >= 0.3 is 6.18 Å². The van der Waals surface area contributed by atoms with Gasteiger partial charge in [0, 0.05) is 5.75 Å². The SMILES string of the molecule is O=C(COc1ccccc1)NCc1nnc(SCc2cccc(C(F)(F)F)c2)n1-c1ccc(Cl)c(Cl)c1. The minimum Gasteiger partial charge on any atom is -0.484 e. The molecular weight excluding hydrogens is 548 g/mol. The third kappa shape index (κ3) is 7.18. The van der Waals surface area contributed by atoms with Crippen molar-refractivity contribution in [2.24, 2.45) is 0 Å². The van der Waals surface area contributed by atoms with Crippen molar-refractivity contribution in [3.63, 3.8) is 0 Å². The highest BCUT2D eigenvalue weighted by atomic mass is 35.5. The number of halogens is 5. The minimum absolute atomic E-state index is 0.0222. The van der Waals surface area contributed by atoms with Gasteiger partial charge in [0.15, 0.2) is 17.6 Å². The molecule has 1 aromatic heterocycles. The van der Waals surface area contributed by atoms with Crippen LogP contribution in [0.1, 0.15) is 17.0 Å². The molecule has 4 aromatic rings. The van der Waals surface area contributed by atoms with Crippen LogP contribution in [0, 0.1) is 0 Å². The van der Waals surface area contributed by atoms with E-state index in [1.807, 2.05) is 6.07 Å². The van der Waals surface area contributed by atoms with Crippen molar-refractivity contribution in [3.8, 4) is 11.4 Å². The molecule has 0 aliphatic heterocycles. The Morgan fingerprint density at radius 2 is 1.76 bits per heavy atom. The Hall–Kier alpha value is -3.21. The number of aromatic nitrogens is 3. The van der Waals surface area contributed by atoms with Gasteiger partial charge in [-0.05, 0) is 42.0 Å². The van der Waals surface area contributed by atoms with Gasteiger partial charge in [-0.2, -0.15) is 13.2 Å². The number of ether oxygens (including phenoxy) is 1. The maximum atomic E-state index is 13.1. The average Bonchev–Trinajstić information content (AvgIpc) is 3.29. The van der Waals surface area contributed by atoms with Gasteiger partial charge in [-0.15, -0.1) is 10.2 Å². The fourth-order valence-corrected chi connectivity index (χ4v) is 4.48. The Bertz CT molecular complexity index is 1380. The van der Waals surface area contributed by atoms with E-state index in [-0.39, 0.29) is 24.8 Å². The quantitative estimate of drug-likeness (QED) is 0.232. The highest BCUT2D eigenvalue weighted by Crippen LogP contribution is 2.32. The van der Waals surface area contributed by atoms with Gasteiger partial charge in [0.05, 0.1) is 27.8 Å². The molecule has 0 saturated heterocycles. The smallest absolute Gasteiger partial charge is 0.416 e. The summed E-state index contributed by atoms with van der Waals surface area (Å²) in [6.07, 6.45) is -4.43. The molecule has 1 N–H and O–H groups in total. The van der Waals surface area contributed by atoms with Crippen LogP contribution in [0.5, 0.6) is 5.75 Å². The maximum Gasteiger partial charge on any atom is 0.416 e. The number of amides is 1. The van der Waals surface area contributed by atoms with Gasteiger partial charge in [-0.3, -0.25) is 9.36 Å². The van der Waals surface area contributed by atoms with Crippen LogP contribution in [0.3, 0.4) is 0 Å². The van der Waals surface area contributed by atoms with Gasteiger partial charge in [-0.25, -0.2) is 0 Å². The van der Waals surface area contributed by atoms with Gasteiger partial charge in [-0.1, -0.05) is 71.4 Å². The van der Waals surface area contributed by atoms with Crippen molar-refractivity contribution < 1.29 is 22.7 Å². The molecule has 0 unspecified atom stereocenters. The van der Waals surface area contributed by atoms with Crippen molar-refractivity contribution in [2.75, 3.05) is 6.61 Å². The Labute approximate surface area is 224 Å². The zero-order chi connectivity index (χ0) is 26.4. The van der Waals surface area contributed by atoms with Gasteiger partial charge in [0.1, 0.15) is 5.75 Å². The van der Waals surface area contributed by atoms with E-state index >= 15 is 0 Å². The summed E-state index contributed by atoms with van der Waals surface area (Å²) in [5.74, 6) is 0.786. The molecule has 6 nitrogen and oxygen atoms in total. The van der Waals surface area contributed by atoms with Gasteiger partial charge < -0.3 is 10.1 Å². The number of alkyl halides is 3. The Morgan fingerprint density at radius 3 is 2.49 bits per heavy atom. The van der Waals surface area contributed by atoms with Crippen molar-refractivity contribution >= 4 is 40.9 Å². The van der Waals surface area contributed by atoms with Crippen LogP contribution in [0.4, 0.5) is 13.2 Å². The molecule has 0 saturated carbocycles. The molecule has 0 spiro atoms. The summed E-state index contributed by atoms with van der Waals surface area (Å²) >= 11 is 13.5. The Morgan fingerprint density at radius 1 is 0.973 bits per heavy atom. The molecule has 1 amide bonds. The summed E-state index contributed by atoms with van der Waals surface area (Å²) in [5.41, 5.74) is 0.324. The largest absolute Gasteiger partial charge is 0.484 e. The van der Waals surface area contributed by atoms with Gasteiger partial charge in [0.2, 0.25) is 0 Å². The van der Waals surface area contributed by atoms with Crippen LogP contribution < -0.4 is 10.1 Å². The van der Waals surface area contributed by atoms with Gasteiger partial charge in [0.25, 0.3) is 5.91 Å². The second-order valence-electron chi connectivity index (χ2n) is 7.70. The normalized spacial score (nSPS) is 11.4. The number of carbonyl (C=O) groups excluding carboxylic acids is 1. The molecule has 0 aliphatic rings. The number of carbonyl (C=O) groups is 1. The lowest BCUT2D eigenvalue weighted by Crippen LogP contribution is -2.29. The summed E-state index contributed by atoms with van der Waals surface area (Å²) in [4.78, 5) is 12.3. The predicted octanol–water partition coefficient (Wildman–Crippen LogP) is 6.58. The molecule has 0 fully saturated rings. The Balaban J connectivity index is 1.51. The third-order valence-electron chi connectivity index (χ3n) is 5.04. The first-order valence-electron chi connectivity index (χ1n) is 10.8. The highest BCUT2D eigenvalue weighted by Gasteiger charge is 2.30. The number of benzene rings is 3. The Kier molecular flexibility index (Phi) is 8.63. The number of hydrogen-bond donors (Lipinski definition) is 1. The van der Waals surface area contributed by atoms with Crippen LogP contribution in [-0.4, -0.2) is 27.3 Å². The molecule has 37 heavy (non-hydrogen) atoms. The monoisotopic (exact) mass is 566 g/mol. The van der Waals surface area contributed by atoms with E-state index in [2.05, 4.69) is 15.5 Å². The molecule has 0 radical (unpaired) electrons. The van der Waals surface area contributed by atoms with E-state index in [0.717, 1.165) is 12.1 Å². The van der Waals surface area contributed by atoms with E-state index in [4.69, 9.17) is 27.9 Å². The molecule has 192 valence electrons. The van der Waals surface area contributed by atoms with E-state index < -0.39 is 11.7 Å².